The number of benzene rings is 1. The zero-order chi connectivity index (χ0) is 15.0. The van der Waals surface area contributed by atoms with E-state index < -0.39 is 10.0 Å². The third-order valence-corrected chi connectivity index (χ3v) is 5.62. The molecule has 2 heterocycles. The van der Waals surface area contributed by atoms with Gasteiger partial charge in [-0.3, -0.25) is 9.29 Å². The van der Waals surface area contributed by atoms with E-state index in [2.05, 4.69) is 4.98 Å². The SMILES string of the molecule is CC1Cc2ccccc2N1S(=O)(=O)c1ccc(CN)nc1. The first-order valence-electron chi connectivity index (χ1n) is 6.81. The van der Waals surface area contributed by atoms with Crippen LogP contribution in [0.25, 0.3) is 0 Å². The number of nitrogens with two attached hydrogens (primary N) is 1. The zero-order valence-electron chi connectivity index (χ0n) is 11.7. The number of rotatable bonds is 3. The first-order chi connectivity index (χ1) is 10.0. The van der Waals surface area contributed by atoms with Gasteiger partial charge in [0.25, 0.3) is 10.0 Å². The summed E-state index contributed by atoms with van der Waals surface area (Å²) in [7, 11) is -3.60. The van der Waals surface area contributed by atoms with Crippen molar-refractivity contribution in [2.75, 3.05) is 4.31 Å². The maximum absolute atomic E-state index is 12.9. The predicted molar refractivity (Wildman–Crippen MR) is 81.4 cm³/mol. The summed E-state index contributed by atoms with van der Waals surface area (Å²) < 4.78 is 27.2. The molecule has 110 valence electrons. The molecule has 0 fully saturated rings. The van der Waals surface area contributed by atoms with Crippen LogP contribution in [0.2, 0.25) is 0 Å². The molecule has 21 heavy (non-hydrogen) atoms. The monoisotopic (exact) mass is 303 g/mol. The molecule has 0 saturated heterocycles. The number of pyridine rings is 1. The van der Waals surface area contributed by atoms with Gasteiger partial charge in [0.05, 0.1) is 11.4 Å². The number of nitrogens with zero attached hydrogens (tertiary/aromatic N) is 2. The van der Waals surface area contributed by atoms with Crippen molar-refractivity contribution in [2.45, 2.75) is 30.8 Å². The van der Waals surface area contributed by atoms with Gasteiger partial charge >= 0.3 is 0 Å². The lowest BCUT2D eigenvalue weighted by atomic mass is 10.1. The normalized spacial score (nSPS) is 17.8. The Morgan fingerprint density at radius 1 is 1.29 bits per heavy atom. The Balaban J connectivity index is 2.05. The third kappa shape index (κ3) is 2.30. The number of anilines is 1. The first kappa shape index (κ1) is 14.0. The Bertz CT molecular complexity index is 757. The first-order valence-corrected chi connectivity index (χ1v) is 8.25. The van der Waals surface area contributed by atoms with Crippen LogP contribution >= 0.6 is 0 Å². The Morgan fingerprint density at radius 2 is 2.05 bits per heavy atom. The smallest absolute Gasteiger partial charge is 0.266 e. The quantitative estimate of drug-likeness (QED) is 0.936. The van der Waals surface area contributed by atoms with Gasteiger partial charge in [-0.1, -0.05) is 18.2 Å². The lowest BCUT2D eigenvalue weighted by Crippen LogP contribution is -2.35. The molecule has 0 bridgehead atoms. The van der Waals surface area contributed by atoms with Gasteiger partial charge in [-0.05, 0) is 37.1 Å². The molecule has 3 rings (SSSR count). The zero-order valence-corrected chi connectivity index (χ0v) is 12.5. The van der Waals surface area contributed by atoms with Gasteiger partial charge < -0.3 is 5.73 Å². The van der Waals surface area contributed by atoms with E-state index in [4.69, 9.17) is 5.73 Å². The number of aromatic nitrogens is 1. The van der Waals surface area contributed by atoms with Crippen molar-refractivity contribution in [3.8, 4) is 0 Å². The van der Waals surface area contributed by atoms with E-state index in [9.17, 15) is 8.42 Å². The van der Waals surface area contributed by atoms with Crippen molar-refractivity contribution < 1.29 is 8.42 Å². The summed E-state index contributed by atoms with van der Waals surface area (Å²) in [5.41, 5.74) is 7.98. The topological polar surface area (TPSA) is 76.3 Å². The fourth-order valence-electron chi connectivity index (χ4n) is 2.70. The summed E-state index contributed by atoms with van der Waals surface area (Å²) in [6.07, 6.45) is 2.11. The van der Waals surface area contributed by atoms with Crippen LogP contribution in [0.15, 0.2) is 47.5 Å². The van der Waals surface area contributed by atoms with Crippen LogP contribution in [0.3, 0.4) is 0 Å². The Hall–Kier alpha value is -1.92. The van der Waals surface area contributed by atoms with Gasteiger partial charge in [-0.15, -0.1) is 0 Å². The highest BCUT2D eigenvalue weighted by Crippen LogP contribution is 2.36. The summed E-state index contributed by atoms with van der Waals surface area (Å²) in [6.45, 7) is 2.21. The van der Waals surface area contributed by atoms with Gasteiger partial charge in [-0.25, -0.2) is 8.42 Å². The van der Waals surface area contributed by atoms with Crippen molar-refractivity contribution >= 4 is 15.7 Å². The largest absolute Gasteiger partial charge is 0.325 e. The molecule has 1 unspecified atom stereocenters. The van der Waals surface area contributed by atoms with Gasteiger partial charge in [0.2, 0.25) is 0 Å². The van der Waals surface area contributed by atoms with Crippen molar-refractivity contribution in [1.29, 1.82) is 0 Å². The second-order valence-corrected chi connectivity index (χ2v) is 6.99. The second-order valence-electron chi connectivity index (χ2n) is 5.17. The van der Waals surface area contributed by atoms with E-state index in [0.29, 0.717) is 12.2 Å². The summed E-state index contributed by atoms with van der Waals surface area (Å²) in [6, 6.07) is 10.7. The summed E-state index contributed by atoms with van der Waals surface area (Å²) in [5.74, 6) is 0. The molecule has 0 radical (unpaired) electrons. The van der Waals surface area contributed by atoms with E-state index in [1.165, 1.54) is 10.5 Å². The summed E-state index contributed by atoms with van der Waals surface area (Å²) >= 11 is 0. The maximum Gasteiger partial charge on any atom is 0.266 e. The van der Waals surface area contributed by atoms with Crippen molar-refractivity contribution in [3.63, 3.8) is 0 Å². The highest BCUT2D eigenvalue weighted by atomic mass is 32.2. The molecule has 0 saturated carbocycles. The average molecular weight is 303 g/mol. The molecule has 1 aliphatic rings. The molecule has 1 aromatic heterocycles. The minimum atomic E-state index is -3.60. The molecular weight excluding hydrogens is 286 g/mol. The number of para-hydroxylation sites is 1. The van der Waals surface area contributed by atoms with Gasteiger partial charge in [0, 0.05) is 18.8 Å². The average Bonchev–Trinajstić information content (AvgIpc) is 2.83. The van der Waals surface area contributed by atoms with E-state index in [-0.39, 0.29) is 10.9 Å². The van der Waals surface area contributed by atoms with E-state index in [1.807, 2.05) is 31.2 Å². The molecule has 1 atom stereocenters. The van der Waals surface area contributed by atoms with Gasteiger partial charge in [-0.2, -0.15) is 0 Å². The number of hydrogen-bond donors (Lipinski definition) is 1. The van der Waals surface area contributed by atoms with Crippen molar-refractivity contribution in [2.24, 2.45) is 5.73 Å². The lowest BCUT2D eigenvalue weighted by molar-refractivity contribution is 0.583. The lowest BCUT2D eigenvalue weighted by Gasteiger charge is -2.24. The molecular formula is C15H17N3O2S. The van der Waals surface area contributed by atoms with Crippen molar-refractivity contribution in [3.05, 3.63) is 53.9 Å². The van der Waals surface area contributed by atoms with E-state index >= 15 is 0 Å². The second kappa shape index (κ2) is 5.13. The van der Waals surface area contributed by atoms with E-state index in [0.717, 1.165) is 17.7 Å². The van der Waals surface area contributed by atoms with Crippen LogP contribution in [0.1, 0.15) is 18.2 Å². The van der Waals surface area contributed by atoms with Crippen LogP contribution in [0, 0.1) is 0 Å². The summed E-state index contributed by atoms with van der Waals surface area (Å²) in [4.78, 5) is 4.28. The Morgan fingerprint density at radius 3 is 2.71 bits per heavy atom. The standard InChI is InChI=1S/C15H17N3O2S/c1-11-8-12-4-2-3-5-15(12)18(11)21(19,20)14-7-6-13(9-16)17-10-14/h2-7,10-11H,8-9,16H2,1H3. The fourth-order valence-corrected chi connectivity index (χ4v) is 4.34. The molecule has 1 aromatic carbocycles. The highest BCUT2D eigenvalue weighted by Gasteiger charge is 2.35. The summed E-state index contributed by atoms with van der Waals surface area (Å²) in [5, 5.41) is 0. The minimum Gasteiger partial charge on any atom is -0.325 e. The molecule has 6 heteroatoms. The van der Waals surface area contributed by atoms with Crippen LogP contribution in [0.4, 0.5) is 5.69 Å². The van der Waals surface area contributed by atoms with E-state index in [1.54, 1.807) is 12.1 Å². The molecule has 2 aromatic rings. The minimum absolute atomic E-state index is 0.0958. The van der Waals surface area contributed by atoms with Gasteiger partial charge in [0.1, 0.15) is 4.90 Å². The Kier molecular flexibility index (Phi) is 3.43. The third-order valence-electron chi connectivity index (χ3n) is 3.71. The van der Waals surface area contributed by atoms with Crippen LogP contribution in [-0.4, -0.2) is 19.4 Å². The number of hydrogen-bond acceptors (Lipinski definition) is 4. The van der Waals surface area contributed by atoms with Crippen LogP contribution in [0.5, 0.6) is 0 Å². The molecule has 0 aliphatic carbocycles. The molecule has 1 aliphatic heterocycles. The molecule has 0 amide bonds. The predicted octanol–water partition coefficient (Wildman–Crippen LogP) is 1.68. The van der Waals surface area contributed by atoms with Crippen LogP contribution in [-0.2, 0) is 23.0 Å². The molecule has 5 nitrogen and oxygen atoms in total. The molecule has 0 spiro atoms. The number of sulfonamides is 1. The number of fused-ring (bicyclic) bond motifs is 1. The van der Waals surface area contributed by atoms with Crippen LogP contribution < -0.4 is 10.0 Å². The fraction of sp³-hybridized carbons (Fsp3) is 0.267. The highest BCUT2D eigenvalue weighted by molar-refractivity contribution is 7.92. The maximum atomic E-state index is 12.9. The van der Waals surface area contributed by atoms with Gasteiger partial charge in [0.15, 0.2) is 0 Å². The van der Waals surface area contributed by atoms with Crippen molar-refractivity contribution in [1.82, 2.24) is 4.98 Å². The Labute approximate surface area is 124 Å². The molecule has 2 N–H and O–H groups in total.